The maximum absolute atomic E-state index is 5.61. The lowest BCUT2D eigenvalue weighted by atomic mass is 10.1. The first kappa shape index (κ1) is 21.6. The molecule has 0 spiro atoms. The minimum atomic E-state index is 0.717. The van der Waals surface area contributed by atoms with Crippen molar-refractivity contribution in [2.24, 2.45) is 0 Å². The molecular formula is C28H25N5OS. The Bertz CT molecular complexity index is 1450. The Labute approximate surface area is 208 Å². The maximum Gasteiger partial charge on any atom is 0.164 e. The molecule has 35 heavy (non-hydrogen) atoms. The molecule has 6 nitrogen and oxygen atoms in total. The maximum atomic E-state index is 5.61. The normalized spacial score (nSPS) is 13.9. The van der Waals surface area contributed by atoms with Crippen molar-refractivity contribution in [3.05, 3.63) is 84.5 Å². The number of ether oxygens (including phenoxy) is 1. The van der Waals surface area contributed by atoms with Crippen LogP contribution in [0.5, 0.6) is 5.75 Å². The van der Waals surface area contributed by atoms with E-state index in [1.165, 1.54) is 11.1 Å². The zero-order valence-corrected chi connectivity index (χ0v) is 20.3. The van der Waals surface area contributed by atoms with Gasteiger partial charge >= 0.3 is 0 Å². The quantitative estimate of drug-likeness (QED) is 0.320. The lowest BCUT2D eigenvalue weighted by Gasteiger charge is -2.37. The molecule has 6 rings (SSSR count). The minimum absolute atomic E-state index is 0.717. The van der Waals surface area contributed by atoms with Gasteiger partial charge in [-0.25, -0.2) is 9.97 Å². The van der Waals surface area contributed by atoms with Crippen LogP contribution in [0.4, 0.5) is 11.5 Å². The number of para-hydroxylation sites is 2. The monoisotopic (exact) mass is 479 g/mol. The number of anilines is 2. The molecule has 0 amide bonds. The molecule has 0 aliphatic carbocycles. The van der Waals surface area contributed by atoms with Crippen LogP contribution < -0.4 is 14.5 Å². The van der Waals surface area contributed by atoms with E-state index >= 15 is 0 Å². The van der Waals surface area contributed by atoms with Crippen molar-refractivity contribution in [2.45, 2.75) is 0 Å². The fourth-order valence-electron chi connectivity index (χ4n) is 4.66. The molecule has 1 aliphatic rings. The third-order valence-electron chi connectivity index (χ3n) is 6.42. The van der Waals surface area contributed by atoms with Gasteiger partial charge in [-0.15, -0.1) is 11.3 Å². The summed E-state index contributed by atoms with van der Waals surface area (Å²) in [7, 11) is 1.73. The molecule has 3 aromatic heterocycles. The first-order chi connectivity index (χ1) is 17.3. The number of fused-ring (bicyclic) bond motifs is 1. The summed E-state index contributed by atoms with van der Waals surface area (Å²) in [5.74, 6) is 2.62. The zero-order valence-electron chi connectivity index (χ0n) is 19.5. The number of thiophene rings is 1. The van der Waals surface area contributed by atoms with E-state index < -0.39 is 0 Å². The van der Waals surface area contributed by atoms with Crippen LogP contribution in [0.1, 0.15) is 0 Å². The number of aromatic nitrogens is 3. The number of piperazine rings is 1. The van der Waals surface area contributed by atoms with Gasteiger partial charge in [-0.2, -0.15) is 0 Å². The Hall–Kier alpha value is -3.97. The highest BCUT2D eigenvalue weighted by atomic mass is 32.1. The van der Waals surface area contributed by atoms with Crippen molar-refractivity contribution in [3.63, 3.8) is 0 Å². The summed E-state index contributed by atoms with van der Waals surface area (Å²) in [5.41, 5.74) is 4.44. The lowest BCUT2D eigenvalue weighted by molar-refractivity contribution is 0.413. The van der Waals surface area contributed by atoms with Gasteiger partial charge in [0.2, 0.25) is 0 Å². The molecule has 0 atom stereocenters. The summed E-state index contributed by atoms with van der Waals surface area (Å²) in [5, 5.41) is 3.33. The number of benzene rings is 2. The number of hydrogen-bond acceptors (Lipinski definition) is 7. The molecular weight excluding hydrogens is 454 g/mol. The number of hydrogen-bond donors (Lipinski definition) is 0. The molecule has 0 radical (unpaired) electrons. The summed E-state index contributed by atoms with van der Waals surface area (Å²) in [4.78, 5) is 20.1. The molecule has 1 fully saturated rings. The van der Waals surface area contributed by atoms with E-state index in [2.05, 4.69) is 56.6 Å². The Morgan fingerprint density at radius 1 is 0.800 bits per heavy atom. The average Bonchev–Trinajstić information content (AvgIpc) is 3.38. The van der Waals surface area contributed by atoms with Gasteiger partial charge < -0.3 is 14.5 Å². The minimum Gasteiger partial charge on any atom is -0.495 e. The molecule has 0 N–H and O–H groups in total. The average molecular weight is 480 g/mol. The number of nitrogens with zero attached hydrogens (tertiary/aromatic N) is 5. The van der Waals surface area contributed by atoms with Crippen LogP contribution in [-0.2, 0) is 0 Å². The lowest BCUT2D eigenvalue weighted by Crippen LogP contribution is -2.47. The SMILES string of the molecule is COc1ccccc1N1CCN(c2nc(-c3cccnc3)nc3scc(-c4ccccc4)c23)CC1. The van der Waals surface area contributed by atoms with Crippen molar-refractivity contribution < 1.29 is 4.74 Å². The third kappa shape index (κ3) is 4.08. The predicted octanol–water partition coefficient (Wildman–Crippen LogP) is 5.76. The van der Waals surface area contributed by atoms with Gasteiger partial charge in [0.05, 0.1) is 18.2 Å². The van der Waals surface area contributed by atoms with Crippen LogP contribution in [0.15, 0.2) is 84.5 Å². The fraction of sp³-hybridized carbons (Fsp3) is 0.179. The predicted molar refractivity (Wildman–Crippen MR) is 144 cm³/mol. The van der Waals surface area contributed by atoms with Crippen LogP contribution in [0.3, 0.4) is 0 Å². The van der Waals surface area contributed by atoms with E-state index in [0.717, 1.165) is 59.2 Å². The van der Waals surface area contributed by atoms with Gasteiger partial charge in [-0.1, -0.05) is 42.5 Å². The van der Waals surface area contributed by atoms with E-state index in [-0.39, 0.29) is 0 Å². The van der Waals surface area contributed by atoms with Crippen molar-refractivity contribution >= 4 is 33.1 Å². The standard InChI is InChI=1S/C28H25N5OS/c1-34-24-12-6-5-11-23(24)32-14-16-33(17-15-32)27-25-22(20-8-3-2-4-9-20)19-35-28(25)31-26(30-27)21-10-7-13-29-18-21/h2-13,18-19H,14-17H2,1H3. The molecule has 0 bridgehead atoms. The van der Waals surface area contributed by atoms with E-state index in [1.807, 2.05) is 36.5 Å². The molecule has 4 heterocycles. The topological polar surface area (TPSA) is 54.4 Å². The van der Waals surface area contributed by atoms with Crippen molar-refractivity contribution in [3.8, 4) is 28.3 Å². The van der Waals surface area contributed by atoms with Gasteiger partial charge in [0.15, 0.2) is 5.82 Å². The van der Waals surface area contributed by atoms with Gasteiger partial charge in [-0.05, 0) is 29.8 Å². The summed E-state index contributed by atoms with van der Waals surface area (Å²) in [6.07, 6.45) is 3.61. The van der Waals surface area contributed by atoms with Crippen LogP contribution in [0.25, 0.3) is 32.7 Å². The molecule has 7 heteroatoms. The highest BCUT2D eigenvalue weighted by Crippen LogP contribution is 2.40. The third-order valence-corrected chi connectivity index (χ3v) is 7.30. The van der Waals surface area contributed by atoms with Gasteiger partial charge in [0.1, 0.15) is 16.4 Å². The molecule has 5 aromatic rings. The van der Waals surface area contributed by atoms with Crippen molar-refractivity contribution in [1.82, 2.24) is 15.0 Å². The molecule has 174 valence electrons. The number of rotatable bonds is 5. The Morgan fingerprint density at radius 2 is 1.54 bits per heavy atom. The molecule has 2 aromatic carbocycles. The van der Waals surface area contributed by atoms with Crippen LogP contribution in [0, 0.1) is 0 Å². The van der Waals surface area contributed by atoms with E-state index in [0.29, 0.717) is 5.82 Å². The summed E-state index contributed by atoms with van der Waals surface area (Å²) >= 11 is 1.67. The smallest absolute Gasteiger partial charge is 0.164 e. The first-order valence-electron chi connectivity index (χ1n) is 11.7. The van der Waals surface area contributed by atoms with Gasteiger partial charge in [0.25, 0.3) is 0 Å². The largest absolute Gasteiger partial charge is 0.495 e. The highest BCUT2D eigenvalue weighted by Gasteiger charge is 2.25. The Kier molecular flexibility index (Phi) is 5.76. The van der Waals surface area contributed by atoms with E-state index in [4.69, 9.17) is 14.7 Å². The van der Waals surface area contributed by atoms with Gasteiger partial charge in [-0.3, -0.25) is 4.98 Å². The first-order valence-corrected chi connectivity index (χ1v) is 12.6. The van der Waals surface area contributed by atoms with Crippen LogP contribution >= 0.6 is 11.3 Å². The second-order valence-corrected chi connectivity index (χ2v) is 9.31. The second-order valence-electron chi connectivity index (χ2n) is 8.45. The van der Waals surface area contributed by atoms with Crippen LogP contribution in [-0.4, -0.2) is 48.2 Å². The Morgan fingerprint density at radius 3 is 2.31 bits per heavy atom. The second kappa shape index (κ2) is 9.35. The van der Waals surface area contributed by atoms with Crippen molar-refractivity contribution in [2.75, 3.05) is 43.1 Å². The van der Waals surface area contributed by atoms with Gasteiger partial charge in [0, 0.05) is 55.1 Å². The van der Waals surface area contributed by atoms with Crippen LogP contribution in [0.2, 0.25) is 0 Å². The number of methoxy groups -OCH3 is 1. The highest BCUT2D eigenvalue weighted by molar-refractivity contribution is 7.17. The summed E-state index contributed by atoms with van der Waals surface area (Å²) in [6.45, 7) is 3.50. The Balaban J connectivity index is 1.41. The molecule has 0 saturated carbocycles. The molecule has 1 saturated heterocycles. The van der Waals surface area contributed by atoms with E-state index in [9.17, 15) is 0 Å². The number of pyridine rings is 1. The summed E-state index contributed by atoms with van der Waals surface area (Å²) in [6, 6.07) is 22.7. The molecule has 0 unspecified atom stereocenters. The van der Waals surface area contributed by atoms with Crippen molar-refractivity contribution in [1.29, 1.82) is 0 Å². The van der Waals surface area contributed by atoms with E-state index in [1.54, 1.807) is 24.6 Å². The molecule has 1 aliphatic heterocycles. The fourth-order valence-corrected chi connectivity index (χ4v) is 5.60. The zero-order chi connectivity index (χ0) is 23.6. The summed E-state index contributed by atoms with van der Waals surface area (Å²) < 4.78 is 5.61.